The molecule has 2 atom stereocenters. The van der Waals surface area contributed by atoms with Crippen molar-refractivity contribution in [3.63, 3.8) is 0 Å². The van der Waals surface area contributed by atoms with Crippen LogP contribution >= 0.6 is 11.8 Å². The van der Waals surface area contributed by atoms with Crippen molar-refractivity contribution in [2.45, 2.75) is 38.8 Å². The number of likely N-dealkylation sites (tertiary alicyclic amines) is 1. The predicted octanol–water partition coefficient (Wildman–Crippen LogP) is 3.29. The van der Waals surface area contributed by atoms with Crippen molar-refractivity contribution >= 4 is 23.4 Å². The molecule has 25 heavy (non-hydrogen) atoms. The van der Waals surface area contributed by atoms with Crippen LogP contribution in [0.2, 0.25) is 0 Å². The van der Waals surface area contributed by atoms with Crippen LogP contribution in [0.1, 0.15) is 31.7 Å². The predicted molar refractivity (Wildman–Crippen MR) is 107 cm³/mol. The number of carbonyl (C=O) groups excluding carboxylic acids is 1. The molecule has 0 aliphatic carbocycles. The smallest absolute Gasteiger partial charge is 0.238 e. The van der Waals surface area contributed by atoms with E-state index >= 15 is 0 Å². The van der Waals surface area contributed by atoms with E-state index in [1.54, 1.807) is 0 Å². The van der Waals surface area contributed by atoms with Crippen LogP contribution in [0.3, 0.4) is 0 Å². The van der Waals surface area contributed by atoms with Crippen molar-refractivity contribution in [3.05, 3.63) is 29.8 Å². The number of rotatable bonds is 6. The molecule has 0 aromatic heterocycles. The van der Waals surface area contributed by atoms with Gasteiger partial charge in [-0.25, -0.2) is 0 Å². The number of piperidine rings is 1. The Bertz CT molecular complexity index is 557. The van der Waals surface area contributed by atoms with Gasteiger partial charge in [-0.15, -0.1) is 0 Å². The number of anilines is 1. The summed E-state index contributed by atoms with van der Waals surface area (Å²) in [6, 6.07) is 8.90. The Kier molecular flexibility index (Phi) is 6.79. The highest BCUT2D eigenvalue weighted by Crippen LogP contribution is 2.21. The Balaban J connectivity index is 1.46. The Labute approximate surface area is 156 Å². The van der Waals surface area contributed by atoms with E-state index in [1.165, 1.54) is 43.7 Å². The molecule has 0 saturated carbocycles. The second-order valence-electron chi connectivity index (χ2n) is 7.66. The van der Waals surface area contributed by atoms with Crippen molar-refractivity contribution in [2.24, 2.45) is 5.92 Å². The zero-order valence-corrected chi connectivity index (χ0v) is 16.4. The molecule has 1 amide bonds. The van der Waals surface area contributed by atoms with E-state index in [0.717, 1.165) is 23.9 Å². The summed E-state index contributed by atoms with van der Waals surface area (Å²) in [5.41, 5.74) is 2.22. The summed E-state index contributed by atoms with van der Waals surface area (Å²) >= 11 is 1.98. The van der Waals surface area contributed by atoms with Crippen LogP contribution in [-0.4, -0.2) is 59.9 Å². The third-order valence-electron chi connectivity index (χ3n) is 5.31. The highest BCUT2D eigenvalue weighted by molar-refractivity contribution is 7.99. The second kappa shape index (κ2) is 9.06. The fraction of sp³-hybridized carbons (Fsp3) is 0.650. The molecule has 2 aliphatic rings. The Morgan fingerprint density at radius 3 is 2.80 bits per heavy atom. The van der Waals surface area contributed by atoms with Crippen molar-refractivity contribution in [1.29, 1.82) is 0 Å². The molecule has 138 valence electrons. The van der Waals surface area contributed by atoms with Gasteiger partial charge < -0.3 is 5.32 Å². The zero-order chi connectivity index (χ0) is 17.6. The lowest BCUT2D eigenvalue weighted by atomic mass is 10.00. The van der Waals surface area contributed by atoms with Gasteiger partial charge in [0.2, 0.25) is 5.91 Å². The number of amides is 1. The van der Waals surface area contributed by atoms with Gasteiger partial charge in [0.1, 0.15) is 0 Å². The van der Waals surface area contributed by atoms with Crippen LogP contribution in [0.25, 0.3) is 0 Å². The van der Waals surface area contributed by atoms with Gasteiger partial charge in [-0.05, 0) is 62.2 Å². The topological polar surface area (TPSA) is 35.6 Å². The van der Waals surface area contributed by atoms with Gasteiger partial charge in [-0.3, -0.25) is 14.6 Å². The van der Waals surface area contributed by atoms with Crippen molar-refractivity contribution in [3.8, 4) is 0 Å². The lowest BCUT2D eigenvalue weighted by Crippen LogP contribution is -2.38. The SMILES string of the molecule is CC1CCCN(Cc2ccc(NC(=O)CN(C)C3CCSC3)cc2)C1. The molecular weight excluding hydrogens is 330 g/mol. The number of hydrogen-bond acceptors (Lipinski definition) is 4. The molecule has 2 aliphatic heterocycles. The lowest BCUT2D eigenvalue weighted by Gasteiger charge is -2.30. The summed E-state index contributed by atoms with van der Waals surface area (Å²) in [5, 5.41) is 3.03. The molecule has 1 aromatic carbocycles. The van der Waals surface area contributed by atoms with Gasteiger partial charge in [-0.1, -0.05) is 19.1 Å². The average molecular weight is 362 g/mol. The van der Waals surface area contributed by atoms with Gasteiger partial charge in [0.15, 0.2) is 0 Å². The van der Waals surface area contributed by atoms with Crippen LogP contribution in [0, 0.1) is 5.92 Å². The molecule has 0 radical (unpaired) electrons. The number of thioether (sulfide) groups is 1. The summed E-state index contributed by atoms with van der Waals surface area (Å²) in [5.74, 6) is 3.25. The standard InChI is InChI=1S/C20H31N3OS/c1-16-4-3-10-23(12-16)13-17-5-7-18(8-6-17)21-20(24)14-22(2)19-9-11-25-15-19/h5-8,16,19H,3-4,9-15H2,1-2H3,(H,21,24). The minimum absolute atomic E-state index is 0.0806. The maximum Gasteiger partial charge on any atom is 0.238 e. The van der Waals surface area contributed by atoms with Gasteiger partial charge in [0.25, 0.3) is 0 Å². The molecule has 0 spiro atoms. The van der Waals surface area contributed by atoms with Gasteiger partial charge in [-0.2, -0.15) is 11.8 Å². The number of nitrogens with one attached hydrogen (secondary N) is 1. The first kappa shape index (κ1) is 18.7. The Morgan fingerprint density at radius 1 is 1.32 bits per heavy atom. The van der Waals surface area contributed by atoms with Gasteiger partial charge in [0, 0.05) is 30.6 Å². The second-order valence-corrected chi connectivity index (χ2v) is 8.81. The van der Waals surface area contributed by atoms with Crippen LogP contribution < -0.4 is 5.32 Å². The molecule has 2 fully saturated rings. The molecule has 3 rings (SSSR count). The van der Waals surface area contributed by atoms with E-state index < -0.39 is 0 Å². The number of hydrogen-bond donors (Lipinski definition) is 1. The summed E-state index contributed by atoms with van der Waals surface area (Å²) in [7, 11) is 2.05. The average Bonchev–Trinajstić information content (AvgIpc) is 3.11. The fourth-order valence-corrected chi connectivity index (χ4v) is 5.11. The summed E-state index contributed by atoms with van der Waals surface area (Å²) in [6.45, 7) is 6.23. The Morgan fingerprint density at radius 2 is 2.12 bits per heavy atom. The quantitative estimate of drug-likeness (QED) is 0.843. The van der Waals surface area contributed by atoms with E-state index in [-0.39, 0.29) is 5.91 Å². The molecule has 1 N–H and O–H groups in total. The molecular formula is C20H31N3OS. The van der Waals surface area contributed by atoms with Crippen molar-refractivity contribution in [2.75, 3.05) is 43.5 Å². The largest absolute Gasteiger partial charge is 0.325 e. The number of likely N-dealkylation sites (N-methyl/N-ethyl adjacent to an activating group) is 1. The molecule has 4 nitrogen and oxygen atoms in total. The first-order valence-electron chi connectivity index (χ1n) is 9.49. The summed E-state index contributed by atoms with van der Waals surface area (Å²) < 4.78 is 0. The summed E-state index contributed by atoms with van der Waals surface area (Å²) in [4.78, 5) is 17.0. The van der Waals surface area contributed by atoms with Crippen molar-refractivity contribution < 1.29 is 4.79 Å². The monoisotopic (exact) mass is 361 g/mol. The molecule has 1 aromatic rings. The maximum absolute atomic E-state index is 12.2. The summed E-state index contributed by atoms with van der Waals surface area (Å²) in [6.07, 6.45) is 3.86. The molecule has 2 unspecified atom stereocenters. The minimum atomic E-state index is 0.0806. The first-order valence-corrected chi connectivity index (χ1v) is 10.6. The zero-order valence-electron chi connectivity index (χ0n) is 15.5. The van der Waals surface area contributed by atoms with Gasteiger partial charge >= 0.3 is 0 Å². The number of benzene rings is 1. The van der Waals surface area contributed by atoms with Crippen LogP contribution in [0.15, 0.2) is 24.3 Å². The van der Waals surface area contributed by atoms with E-state index in [0.29, 0.717) is 12.6 Å². The maximum atomic E-state index is 12.2. The van der Waals surface area contributed by atoms with E-state index in [4.69, 9.17) is 0 Å². The van der Waals surface area contributed by atoms with Crippen molar-refractivity contribution in [1.82, 2.24) is 9.80 Å². The first-order chi connectivity index (χ1) is 12.1. The third kappa shape index (κ3) is 5.73. The normalized spacial score (nSPS) is 24.6. The van der Waals surface area contributed by atoms with Gasteiger partial charge in [0.05, 0.1) is 6.54 Å². The highest BCUT2D eigenvalue weighted by Gasteiger charge is 2.21. The van der Waals surface area contributed by atoms with E-state index in [9.17, 15) is 4.79 Å². The minimum Gasteiger partial charge on any atom is -0.325 e. The lowest BCUT2D eigenvalue weighted by molar-refractivity contribution is -0.117. The third-order valence-corrected chi connectivity index (χ3v) is 6.45. The molecule has 2 saturated heterocycles. The number of nitrogens with zero attached hydrogens (tertiary/aromatic N) is 2. The fourth-order valence-electron chi connectivity index (χ4n) is 3.81. The molecule has 0 bridgehead atoms. The molecule has 2 heterocycles. The molecule has 5 heteroatoms. The van der Waals surface area contributed by atoms with E-state index in [1.807, 2.05) is 23.9 Å². The highest BCUT2D eigenvalue weighted by atomic mass is 32.2. The van der Waals surface area contributed by atoms with Crippen LogP contribution in [0.5, 0.6) is 0 Å². The van der Waals surface area contributed by atoms with Crippen LogP contribution in [0.4, 0.5) is 5.69 Å². The van der Waals surface area contributed by atoms with E-state index in [2.05, 4.69) is 41.2 Å². The number of carbonyl (C=O) groups is 1. The van der Waals surface area contributed by atoms with Crippen LogP contribution in [-0.2, 0) is 11.3 Å². The Hall–Kier alpha value is -1.04.